The Morgan fingerprint density at radius 2 is 2.09 bits per heavy atom. The number of rotatable bonds is 7. The van der Waals surface area contributed by atoms with Crippen molar-refractivity contribution < 1.29 is 24.2 Å². The van der Waals surface area contributed by atoms with Crippen molar-refractivity contribution in [1.29, 1.82) is 0 Å². The van der Waals surface area contributed by atoms with Crippen molar-refractivity contribution in [3.8, 4) is 0 Å². The fourth-order valence-corrected chi connectivity index (χ4v) is 6.28. The lowest BCUT2D eigenvalue weighted by Gasteiger charge is -2.38. The van der Waals surface area contributed by atoms with Gasteiger partial charge in [-0.25, -0.2) is 0 Å². The van der Waals surface area contributed by atoms with Gasteiger partial charge in [0.1, 0.15) is 11.6 Å². The summed E-state index contributed by atoms with van der Waals surface area (Å²) in [4.78, 5) is 42.0. The van der Waals surface area contributed by atoms with E-state index >= 15 is 0 Å². The average Bonchev–Trinajstić information content (AvgIpc) is 3.44. The molecule has 3 fully saturated rings. The number of amides is 3. The lowest BCUT2D eigenvalue weighted by molar-refractivity contribution is -0.145. The number of hydrogen-bond acceptors (Lipinski definition) is 5. The molecule has 3 aliphatic rings. The second kappa shape index (κ2) is 8.89. The molecule has 1 aromatic carbocycles. The van der Waals surface area contributed by atoms with Crippen LogP contribution in [-0.4, -0.2) is 65.2 Å². The molecule has 3 N–H and O–H groups in total. The predicted octanol–water partition coefficient (Wildman–Crippen LogP) is 2.11. The van der Waals surface area contributed by atoms with Gasteiger partial charge in [0, 0.05) is 7.05 Å². The Kier molecular flexibility index (Phi) is 6.46. The standard InChI is InChI=1S/C24H32ClN3O5/c1-5-12(2)15(11-29)28-20(22(31)27-19-13(3)7-6-8-14(19)25)24-10-9-16(33-24)17(21(30)26-4)18(24)23(28)32/h6-8,12,15-18,20,29H,5,9-11H2,1-4H3,(H,26,30)(H,27,31)/t12-,15-,16+,17-,18-,20?,24?/m0/s1. The summed E-state index contributed by atoms with van der Waals surface area (Å²) in [6, 6.07) is 3.79. The van der Waals surface area contributed by atoms with E-state index in [9.17, 15) is 19.5 Å². The van der Waals surface area contributed by atoms with Crippen LogP contribution in [0.2, 0.25) is 5.02 Å². The van der Waals surface area contributed by atoms with E-state index in [4.69, 9.17) is 16.3 Å². The fraction of sp³-hybridized carbons (Fsp3) is 0.625. The normalized spacial score (nSPS) is 31.9. The summed E-state index contributed by atoms with van der Waals surface area (Å²) < 4.78 is 6.36. The van der Waals surface area contributed by atoms with Gasteiger partial charge in [0.15, 0.2) is 0 Å². The lowest BCUT2D eigenvalue weighted by Crippen LogP contribution is -2.57. The van der Waals surface area contributed by atoms with E-state index in [0.717, 1.165) is 5.56 Å². The maximum Gasteiger partial charge on any atom is 0.250 e. The molecule has 7 atom stereocenters. The van der Waals surface area contributed by atoms with Crippen molar-refractivity contribution in [2.24, 2.45) is 17.8 Å². The van der Waals surface area contributed by atoms with Gasteiger partial charge in [-0.05, 0) is 37.3 Å². The number of nitrogens with zero attached hydrogens (tertiary/aromatic N) is 1. The number of anilines is 1. The zero-order valence-corrected chi connectivity index (χ0v) is 20.2. The van der Waals surface area contributed by atoms with E-state index in [1.54, 1.807) is 12.1 Å². The number of fused-ring (bicyclic) bond motifs is 1. The van der Waals surface area contributed by atoms with E-state index in [2.05, 4.69) is 10.6 Å². The lowest BCUT2D eigenvalue weighted by atomic mass is 9.70. The molecule has 0 aromatic heterocycles. The van der Waals surface area contributed by atoms with E-state index in [1.165, 1.54) is 11.9 Å². The molecular formula is C24H32ClN3O5. The van der Waals surface area contributed by atoms with E-state index < -0.39 is 41.5 Å². The minimum absolute atomic E-state index is 0.0535. The fourth-order valence-electron chi connectivity index (χ4n) is 6.01. The zero-order valence-electron chi connectivity index (χ0n) is 19.4. The minimum Gasteiger partial charge on any atom is -0.394 e. The van der Waals surface area contributed by atoms with Gasteiger partial charge in [-0.3, -0.25) is 14.4 Å². The van der Waals surface area contributed by atoms with Gasteiger partial charge in [-0.15, -0.1) is 0 Å². The topological polar surface area (TPSA) is 108 Å². The third kappa shape index (κ3) is 3.54. The number of hydrogen-bond donors (Lipinski definition) is 3. The zero-order chi connectivity index (χ0) is 24.1. The number of aliphatic hydroxyl groups is 1. The largest absolute Gasteiger partial charge is 0.394 e. The van der Waals surface area contributed by atoms with Gasteiger partial charge in [-0.2, -0.15) is 0 Å². The molecule has 0 radical (unpaired) electrons. The number of halogens is 1. The first-order chi connectivity index (χ1) is 15.7. The first kappa shape index (κ1) is 24.0. The third-order valence-corrected chi connectivity index (χ3v) is 8.17. The second-order valence-electron chi connectivity index (χ2n) is 9.47. The van der Waals surface area contributed by atoms with Crippen molar-refractivity contribution >= 4 is 35.0 Å². The Hall–Kier alpha value is -2.16. The molecule has 3 aliphatic heterocycles. The van der Waals surface area contributed by atoms with Crippen LogP contribution in [-0.2, 0) is 19.1 Å². The summed E-state index contributed by atoms with van der Waals surface area (Å²) in [5, 5.41) is 16.2. The van der Waals surface area contributed by atoms with Crippen LogP contribution in [0.1, 0.15) is 38.7 Å². The second-order valence-corrected chi connectivity index (χ2v) is 9.88. The van der Waals surface area contributed by atoms with Crippen LogP contribution < -0.4 is 10.6 Å². The van der Waals surface area contributed by atoms with E-state index in [1.807, 2.05) is 26.8 Å². The molecular weight excluding hydrogens is 446 g/mol. The number of para-hydroxylation sites is 1. The Morgan fingerprint density at radius 1 is 1.36 bits per heavy atom. The van der Waals surface area contributed by atoms with Gasteiger partial charge in [0.25, 0.3) is 0 Å². The van der Waals surface area contributed by atoms with E-state index in [-0.39, 0.29) is 24.3 Å². The molecule has 0 saturated carbocycles. The van der Waals surface area contributed by atoms with Crippen LogP contribution in [0.3, 0.4) is 0 Å². The molecule has 4 rings (SSSR count). The van der Waals surface area contributed by atoms with E-state index in [0.29, 0.717) is 30.0 Å². The predicted molar refractivity (Wildman–Crippen MR) is 124 cm³/mol. The van der Waals surface area contributed by atoms with Crippen LogP contribution in [0, 0.1) is 24.7 Å². The Balaban J connectivity index is 1.80. The van der Waals surface area contributed by atoms with Gasteiger partial charge in [0.05, 0.1) is 41.3 Å². The number of benzene rings is 1. The smallest absolute Gasteiger partial charge is 0.250 e. The average molecular weight is 478 g/mol. The van der Waals surface area contributed by atoms with Crippen LogP contribution in [0.25, 0.3) is 0 Å². The summed E-state index contributed by atoms with van der Waals surface area (Å²) in [6.45, 7) is 5.48. The molecule has 0 aliphatic carbocycles. The van der Waals surface area contributed by atoms with Gasteiger partial charge >= 0.3 is 0 Å². The molecule has 2 unspecified atom stereocenters. The van der Waals surface area contributed by atoms with Crippen molar-refractivity contribution in [3.63, 3.8) is 0 Å². The van der Waals surface area contributed by atoms with Gasteiger partial charge in [0.2, 0.25) is 17.7 Å². The quantitative estimate of drug-likeness (QED) is 0.557. The van der Waals surface area contributed by atoms with Crippen LogP contribution in [0.15, 0.2) is 18.2 Å². The van der Waals surface area contributed by atoms with Gasteiger partial charge < -0.3 is 25.4 Å². The minimum atomic E-state index is -1.11. The summed E-state index contributed by atoms with van der Waals surface area (Å²) in [7, 11) is 1.54. The summed E-state index contributed by atoms with van der Waals surface area (Å²) >= 11 is 6.36. The number of carbonyl (C=O) groups is 3. The third-order valence-electron chi connectivity index (χ3n) is 7.85. The van der Waals surface area contributed by atoms with Gasteiger partial charge in [-0.1, -0.05) is 44.0 Å². The number of aliphatic hydroxyl groups excluding tert-OH is 1. The molecule has 8 nitrogen and oxygen atoms in total. The monoisotopic (exact) mass is 477 g/mol. The summed E-state index contributed by atoms with van der Waals surface area (Å²) in [5.41, 5.74) is 0.163. The SMILES string of the molecule is CC[C@H](C)[C@H](CO)N1C(=O)[C@@H]2[C@@H](C(=O)NC)[C@H]3CCC2(O3)C1C(=O)Nc1c(C)cccc1Cl. The highest BCUT2D eigenvalue weighted by Crippen LogP contribution is 2.59. The Bertz CT molecular complexity index is 951. The molecule has 9 heteroatoms. The number of likely N-dealkylation sites (tertiary alicyclic amines) is 1. The molecule has 3 saturated heterocycles. The number of carbonyl (C=O) groups excluding carboxylic acids is 3. The van der Waals surface area contributed by atoms with Crippen LogP contribution in [0.5, 0.6) is 0 Å². The van der Waals surface area contributed by atoms with Crippen molar-refractivity contribution in [2.45, 2.75) is 63.8 Å². The van der Waals surface area contributed by atoms with Crippen LogP contribution >= 0.6 is 11.6 Å². The van der Waals surface area contributed by atoms with Crippen molar-refractivity contribution in [3.05, 3.63) is 28.8 Å². The number of nitrogens with one attached hydrogen (secondary N) is 2. The summed E-state index contributed by atoms with van der Waals surface area (Å²) in [5.74, 6) is -2.45. The number of aryl methyl sites for hydroxylation is 1. The molecule has 33 heavy (non-hydrogen) atoms. The van der Waals surface area contributed by atoms with Crippen molar-refractivity contribution in [2.75, 3.05) is 19.0 Å². The highest BCUT2D eigenvalue weighted by atomic mass is 35.5. The molecule has 180 valence electrons. The maximum atomic E-state index is 13.9. The van der Waals surface area contributed by atoms with Crippen molar-refractivity contribution in [1.82, 2.24) is 10.2 Å². The van der Waals surface area contributed by atoms with Crippen LogP contribution in [0.4, 0.5) is 5.69 Å². The summed E-state index contributed by atoms with van der Waals surface area (Å²) in [6.07, 6.45) is 1.40. The molecule has 3 amide bonds. The first-order valence-electron chi connectivity index (χ1n) is 11.6. The Labute approximate surface area is 199 Å². The molecule has 2 bridgehead atoms. The highest BCUT2D eigenvalue weighted by Gasteiger charge is 2.75. The molecule has 3 heterocycles. The Morgan fingerprint density at radius 3 is 2.70 bits per heavy atom. The number of ether oxygens (including phenoxy) is 1. The molecule has 1 spiro atoms. The highest BCUT2D eigenvalue weighted by molar-refractivity contribution is 6.34. The first-order valence-corrected chi connectivity index (χ1v) is 12.0. The maximum absolute atomic E-state index is 13.9. The molecule has 1 aromatic rings.